The van der Waals surface area contributed by atoms with E-state index in [2.05, 4.69) is 38.0 Å². The number of piperidine rings is 1. The highest BCUT2D eigenvalue weighted by Crippen LogP contribution is 2.24. The fourth-order valence-corrected chi connectivity index (χ4v) is 2.82. The van der Waals surface area contributed by atoms with Gasteiger partial charge in [0.1, 0.15) is 0 Å². The van der Waals surface area contributed by atoms with Crippen molar-refractivity contribution in [3.05, 3.63) is 0 Å². The Labute approximate surface area is 95.4 Å². The number of likely N-dealkylation sites (tertiary alicyclic amines) is 1. The smallest absolute Gasteiger partial charge is 0.0108 e. The van der Waals surface area contributed by atoms with Gasteiger partial charge in [-0.3, -0.25) is 4.90 Å². The van der Waals surface area contributed by atoms with Gasteiger partial charge in [0.15, 0.2) is 0 Å². The maximum atomic E-state index is 3.29. The third kappa shape index (κ3) is 3.46. The lowest BCUT2D eigenvalue weighted by molar-refractivity contribution is 0.0726. The van der Waals surface area contributed by atoms with Crippen LogP contribution in [0, 0.1) is 5.92 Å². The minimum atomic E-state index is 0.725. The largest absolute Gasteiger partial charge is 0.319 e. The number of nitrogens with zero attached hydrogens (tertiary/aromatic N) is 1. The summed E-state index contributed by atoms with van der Waals surface area (Å²) >= 11 is 0. The lowest BCUT2D eigenvalue weighted by atomic mass is 9.93. The van der Waals surface area contributed by atoms with Gasteiger partial charge in [-0.25, -0.2) is 0 Å². The van der Waals surface area contributed by atoms with Crippen LogP contribution >= 0.6 is 0 Å². The molecule has 2 nitrogen and oxygen atoms in total. The zero-order valence-corrected chi connectivity index (χ0v) is 10.9. The van der Waals surface area contributed by atoms with E-state index in [9.17, 15) is 0 Å². The van der Waals surface area contributed by atoms with Crippen molar-refractivity contribution in [3.8, 4) is 0 Å². The van der Waals surface area contributed by atoms with Crippen LogP contribution in [0.2, 0.25) is 0 Å². The average molecular weight is 212 g/mol. The molecule has 0 radical (unpaired) electrons. The molecule has 3 atom stereocenters. The Bertz CT molecular complexity index is 170. The highest BCUT2D eigenvalue weighted by Gasteiger charge is 2.27. The van der Waals surface area contributed by atoms with E-state index in [4.69, 9.17) is 0 Å². The minimum Gasteiger partial charge on any atom is -0.319 e. The normalized spacial score (nSPS) is 27.6. The Hall–Kier alpha value is -0.0800. The summed E-state index contributed by atoms with van der Waals surface area (Å²) in [5.74, 6) is 0.752. The summed E-state index contributed by atoms with van der Waals surface area (Å²) in [6.07, 6.45) is 5.55. The zero-order chi connectivity index (χ0) is 11.3. The SMILES string of the molecule is CCC1CCCCN1C(C)C(C)CNC. The van der Waals surface area contributed by atoms with E-state index >= 15 is 0 Å². The van der Waals surface area contributed by atoms with Gasteiger partial charge in [-0.2, -0.15) is 0 Å². The first-order valence-electron chi connectivity index (χ1n) is 6.61. The second-order valence-corrected chi connectivity index (χ2v) is 5.07. The summed E-state index contributed by atoms with van der Waals surface area (Å²) in [4.78, 5) is 2.74. The summed E-state index contributed by atoms with van der Waals surface area (Å²) in [5.41, 5.74) is 0. The second-order valence-electron chi connectivity index (χ2n) is 5.07. The van der Waals surface area contributed by atoms with E-state index < -0.39 is 0 Å². The van der Waals surface area contributed by atoms with Crippen molar-refractivity contribution in [2.45, 2.75) is 58.5 Å². The second kappa shape index (κ2) is 6.49. The summed E-state index contributed by atoms with van der Waals surface area (Å²) in [5, 5.41) is 3.29. The van der Waals surface area contributed by atoms with E-state index in [1.807, 2.05) is 0 Å². The lowest BCUT2D eigenvalue weighted by Crippen LogP contribution is -2.48. The number of rotatable bonds is 5. The van der Waals surface area contributed by atoms with E-state index in [0.717, 1.165) is 24.5 Å². The summed E-state index contributed by atoms with van der Waals surface area (Å²) < 4.78 is 0. The van der Waals surface area contributed by atoms with Gasteiger partial charge in [-0.15, -0.1) is 0 Å². The van der Waals surface area contributed by atoms with Crippen LogP contribution in [0.1, 0.15) is 46.5 Å². The van der Waals surface area contributed by atoms with Crippen molar-refractivity contribution in [1.82, 2.24) is 10.2 Å². The maximum Gasteiger partial charge on any atom is 0.0108 e. The molecule has 0 aromatic heterocycles. The molecule has 0 aromatic carbocycles. The van der Waals surface area contributed by atoms with E-state index in [1.54, 1.807) is 0 Å². The fraction of sp³-hybridized carbons (Fsp3) is 1.00. The van der Waals surface area contributed by atoms with Crippen LogP contribution in [0.3, 0.4) is 0 Å². The number of hydrogen-bond acceptors (Lipinski definition) is 2. The number of hydrogen-bond donors (Lipinski definition) is 1. The molecule has 0 saturated carbocycles. The van der Waals surface area contributed by atoms with Crippen molar-refractivity contribution in [2.24, 2.45) is 5.92 Å². The van der Waals surface area contributed by atoms with E-state index in [1.165, 1.54) is 32.2 Å². The molecule has 2 heteroatoms. The molecule has 0 aliphatic carbocycles. The quantitative estimate of drug-likeness (QED) is 0.753. The third-order valence-corrected chi connectivity index (χ3v) is 4.02. The molecule has 0 bridgehead atoms. The highest BCUT2D eigenvalue weighted by molar-refractivity contribution is 4.83. The molecule has 1 saturated heterocycles. The van der Waals surface area contributed by atoms with Crippen LogP contribution in [-0.4, -0.2) is 37.1 Å². The van der Waals surface area contributed by atoms with Crippen LogP contribution in [0.15, 0.2) is 0 Å². The molecular formula is C13H28N2. The predicted octanol–water partition coefficient (Wildman–Crippen LogP) is 2.49. The average Bonchev–Trinajstić information content (AvgIpc) is 2.28. The summed E-state index contributed by atoms with van der Waals surface area (Å²) in [7, 11) is 2.05. The molecule has 1 fully saturated rings. The molecule has 90 valence electrons. The van der Waals surface area contributed by atoms with Gasteiger partial charge in [0.05, 0.1) is 0 Å². The molecule has 0 aromatic rings. The van der Waals surface area contributed by atoms with Crippen molar-refractivity contribution in [1.29, 1.82) is 0 Å². The van der Waals surface area contributed by atoms with Gasteiger partial charge in [0, 0.05) is 12.1 Å². The Morgan fingerprint density at radius 3 is 2.67 bits per heavy atom. The standard InChI is InChI=1S/C13H28N2/c1-5-13-8-6-7-9-15(13)12(3)11(2)10-14-4/h11-14H,5-10H2,1-4H3. The van der Waals surface area contributed by atoms with Crippen LogP contribution in [0.4, 0.5) is 0 Å². The molecule has 1 N–H and O–H groups in total. The molecule has 0 amide bonds. The van der Waals surface area contributed by atoms with Gasteiger partial charge in [0.2, 0.25) is 0 Å². The fourth-order valence-electron chi connectivity index (χ4n) is 2.82. The Balaban J connectivity index is 2.50. The molecule has 1 rings (SSSR count). The summed E-state index contributed by atoms with van der Waals surface area (Å²) in [6, 6.07) is 1.57. The third-order valence-electron chi connectivity index (χ3n) is 4.02. The molecule has 1 heterocycles. The predicted molar refractivity (Wildman–Crippen MR) is 67.2 cm³/mol. The molecular weight excluding hydrogens is 184 g/mol. The first-order chi connectivity index (χ1) is 7.20. The number of nitrogens with one attached hydrogen (secondary N) is 1. The zero-order valence-electron chi connectivity index (χ0n) is 10.9. The van der Waals surface area contributed by atoms with E-state index in [0.29, 0.717) is 0 Å². The monoisotopic (exact) mass is 212 g/mol. The first-order valence-corrected chi connectivity index (χ1v) is 6.61. The summed E-state index contributed by atoms with van der Waals surface area (Å²) in [6.45, 7) is 9.54. The first kappa shape index (κ1) is 13.0. The topological polar surface area (TPSA) is 15.3 Å². The molecule has 3 unspecified atom stereocenters. The van der Waals surface area contributed by atoms with Crippen molar-refractivity contribution < 1.29 is 0 Å². The molecule has 1 aliphatic heterocycles. The van der Waals surface area contributed by atoms with Crippen molar-refractivity contribution >= 4 is 0 Å². The van der Waals surface area contributed by atoms with Crippen LogP contribution in [0.25, 0.3) is 0 Å². The van der Waals surface area contributed by atoms with Crippen LogP contribution < -0.4 is 5.32 Å². The molecule has 0 spiro atoms. The van der Waals surface area contributed by atoms with Gasteiger partial charge in [0.25, 0.3) is 0 Å². The molecule has 1 aliphatic rings. The van der Waals surface area contributed by atoms with Gasteiger partial charge in [-0.1, -0.05) is 20.3 Å². The van der Waals surface area contributed by atoms with Gasteiger partial charge < -0.3 is 5.32 Å². The highest BCUT2D eigenvalue weighted by atomic mass is 15.2. The Kier molecular flexibility index (Phi) is 5.62. The van der Waals surface area contributed by atoms with Gasteiger partial charge in [-0.05, 0) is 52.2 Å². The lowest BCUT2D eigenvalue weighted by Gasteiger charge is -2.42. The van der Waals surface area contributed by atoms with Gasteiger partial charge >= 0.3 is 0 Å². The van der Waals surface area contributed by atoms with Crippen molar-refractivity contribution in [3.63, 3.8) is 0 Å². The molecule has 15 heavy (non-hydrogen) atoms. The Morgan fingerprint density at radius 1 is 1.33 bits per heavy atom. The van der Waals surface area contributed by atoms with Crippen molar-refractivity contribution in [2.75, 3.05) is 20.1 Å². The maximum absolute atomic E-state index is 3.29. The van der Waals surface area contributed by atoms with Crippen LogP contribution in [-0.2, 0) is 0 Å². The van der Waals surface area contributed by atoms with E-state index in [-0.39, 0.29) is 0 Å². The minimum absolute atomic E-state index is 0.725. The Morgan fingerprint density at radius 2 is 2.07 bits per heavy atom. The van der Waals surface area contributed by atoms with Crippen LogP contribution in [0.5, 0.6) is 0 Å².